The van der Waals surface area contributed by atoms with Crippen molar-refractivity contribution in [2.24, 2.45) is 10.8 Å². The molecule has 1 amide bonds. The average Bonchev–Trinajstić information content (AvgIpc) is 2.85. The van der Waals surface area contributed by atoms with Crippen LogP contribution in [-0.4, -0.2) is 43.6 Å². The summed E-state index contributed by atoms with van der Waals surface area (Å²) in [5.74, 6) is 0.0450. The highest BCUT2D eigenvalue weighted by Gasteiger charge is 2.35. The van der Waals surface area contributed by atoms with E-state index in [0.717, 1.165) is 0 Å². The number of amides is 1. The second kappa shape index (κ2) is 7.70. The quantitative estimate of drug-likeness (QED) is 0.718. The van der Waals surface area contributed by atoms with Gasteiger partial charge in [-0.2, -0.15) is 4.98 Å². The van der Waals surface area contributed by atoms with Crippen LogP contribution >= 0.6 is 11.8 Å². The Hall–Kier alpha value is -1.38. The molecule has 7 nitrogen and oxygen atoms in total. The second-order valence-electron chi connectivity index (χ2n) is 8.69. The smallest absolute Gasteiger partial charge is 0.350 e. The van der Waals surface area contributed by atoms with Gasteiger partial charge in [0.15, 0.2) is 0 Å². The molecule has 3 atom stereocenters. The highest BCUT2D eigenvalue weighted by atomic mass is 32.2. The van der Waals surface area contributed by atoms with E-state index in [9.17, 15) is 19.8 Å². The van der Waals surface area contributed by atoms with Crippen molar-refractivity contribution < 1.29 is 15.0 Å². The zero-order chi connectivity index (χ0) is 19.7. The zero-order valence-corrected chi connectivity index (χ0v) is 16.8. The molecule has 1 unspecified atom stereocenters. The van der Waals surface area contributed by atoms with Crippen LogP contribution in [0.3, 0.4) is 0 Å². The summed E-state index contributed by atoms with van der Waals surface area (Å²) in [7, 11) is 0. The number of aliphatic hydroxyl groups is 2. The predicted molar refractivity (Wildman–Crippen MR) is 103 cm³/mol. The fourth-order valence-electron chi connectivity index (χ4n) is 3.44. The van der Waals surface area contributed by atoms with Crippen LogP contribution in [-0.2, 0) is 4.79 Å². The van der Waals surface area contributed by atoms with Gasteiger partial charge in [0.2, 0.25) is 5.91 Å². The highest BCUT2D eigenvalue weighted by Crippen LogP contribution is 2.40. The van der Waals surface area contributed by atoms with Gasteiger partial charge >= 0.3 is 5.69 Å². The van der Waals surface area contributed by atoms with E-state index in [1.807, 2.05) is 13.8 Å². The van der Waals surface area contributed by atoms with Crippen LogP contribution in [0.1, 0.15) is 52.8 Å². The van der Waals surface area contributed by atoms with E-state index in [-0.39, 0.29) is 34.4 Å². The summed E-state index contributed by atoms with van der Waals surface area (Å²) in [5.41, 5.74) is -1.07. The Bertz CT molecular complexity index is 711. The molecule has 1 fully saturated rings. The molecule has 1 aromatic rings. The maximum Gasteiger partial charge on any atom is 0.350 e. The van der Waals surface area contributed by atoms with Crippen LogP contribution in [0.2, 0.25) is 0 Å². The topological polar surface area (TPSA) is 104 Å². The molecule has 1 aliphatic rings. The molecule has 146 valence electrons. The first-order chi connectivity index (χ1) is 11.9. The molecule has 0 spiro atoms. The first-order valence-corrected chi connectivity index (χ1v) is 9.72. The minimum Gasteiger partial charge on any atom is -0.395 e. The van der Waals surface area contributed by atoms with E-state index in [1.165, 1.54) is 16.3 Å². The van der Waals surface area contributed by atoms with Crippen LogP contribution in [0.5, 0.6) is 0 Å². The molecule has 26 heavy (non-hydrogen) atoms. The second-order valence-corrected chi connectivity index (χ2v) is 10.1. The zero-order valence-electron chi connectivity index (χ0n) is 16.0. The minimum absolute atomic E-state index is 0.00144. The number of anilines is 1. The van der Waals surface area contributed by atoms with Crippen LogP contribution in [0, 0.1) is 10.8 Å². The molecule has 1 saturated heterocycles. The highest BCUT2D eigenvalue weighted by molar-refractivity contribution is 8.00. The van der Waals surface area contributed by atoms with Crippen molar-refractivity contribution in [2.75, 3.05) is 11.9 Å². The van der Waals surface area contributed by atoms with E-state index in [2.05, 4.69) is 31.1 Å². The molecule has 0 aromatic carbocycles. The van der Waals surface area contributed by atoms with E-state index < -0.39 is 17.2 Å². The number of aromatic nitrogens is 2. The molecule has 2 rings (SSSR count). The lowest BCUT2D eigenvalue weighted by Gasteiger charge is -2.31. The molecular weight excluding hydrogens is 354 g/mol. The maximum absolute atomic E-state index is 12.6. The standard InChI is InChI=1S/C18H29N3O4S/c1-17(2,3)10-18(4,5)15(24)19-13-6-7-21(16(25)20-13)14-8-11(23)12(9-22)26-14/h6-7,11-12,14,22-23H,8-10H2,1-5H3,(H,19,20,24,25)/t11?,12-,14-/m1/s1. The summed E-state index contributed by atoms with van der Waals surface area (Å²) in [6.45, 7) is 9.85. The normalized spacial score (nSPS) is 23.9. The Labute approximate surface area is 158 Å². The van der Waals surface area contributed by atoms with Gasteiger partial charge in [-0.1, -0.05) is 34.6 Å². The van der Waals surface area contributed by atoms with E-state index in [4.69, 9.17) is 0 Å². The summed E-state index contributed by atoms with van der Waals surface area (Å²) in [5, 5.41) is 21.3. The Balaban J connectivity index is 2.10. The molecule has 0 aliphatic carbocycles. The first kappa shape index (κ1) is 20.9. The van der Waals surface area contributed by atoms with E-state index in [0.29, 0.717) is 12.8 Å². The van der Waals surface area contributed by atoms with Crippen molar-refractivity contribution in [1.82, 2.24) is 9.55 Å². The summed E-state index contributed by atoms with van der Waals surface area (Å²) in [6.07, 6.45) is 2.00. The van der Waals surface area contributed by atoms with Gasteiger partial charge in [-0.3, -0.25) is 9.36 Å². The van der Waals surface area contributed by atoms with Crippen molar-refractivity contribution in [1.29, 1.82) is 0 Å². The van der Waals surface area contributed by atoms with Crippen molar-refractivity contribution >= 4 is 23.5 Å². The number of hydrogen-bond donors (Lipinski definition) is 3. The van der Waals surface area contributed by atoms with Gasteiger partial charge in [0.05, 0.1) is 23.3 Å². The van der Waals surface area contributed by atoms with Gasteiger partial charge in [-0.05, 0) is 17.9 Å². The lowest BCUT2D eigenvalue weighted by molar-refractivity contribution is -0.125. The fraction of sp³-hybridized carbons (Fsp3) is 0.722. The van der Waals surface area contributed by atoms with Crippen molar-refractivity contribution in [3.05, 3.63) is 22.7 Å². The van der Waals surface area contributed by atoms with Gasteiger partial charge in [0.25, 0.3) is 0 Å². The maximum atomic E-state index is 12.6. The molecule has 0 bridgehead atoms. The monoisotopic (exact) mass is 383 g/mol. The Morgan fingerprint density at radius 3 is 2.54 bits per heavy atom. The van der Waals surface area contributed by atoms with Crippen molar-refractivity contribution in [2.45, 2.75) is 64.2 Å². The molecular formula is C18H29N3O4S. The number of thioether (sulfide) groups is 1. The predicted octanol–water partition coefficient (Wildman–Crippen LogP) is 2.00. The number of nitrogens with zero attached hydrogens (tertiary/aromatic N) is 2. The van der Waals surface area contributed by atoms with Crippen LogP contribution in [0.4, 0.5) is 5.82 Å². The number of rotatable bonds is 5. The Morgan fingerprint density at radius 2 is 2.04 bits per heavy atom. The van der Waals surface area contributed by atoms with Gasteiger partial charge in [0.1, 0.15) is 5.82 Å². The summed E-state index contributed by atoms with van der Waals surface area (Å²) in [4.78, 5) is 28.9. The number of nitrogens with one attached hydrogen (secondary N) is 1. The first-order valence-electron chi connectivity index (χ1n) is 8.78. The largest absolute Gasteiger partial charge is 0.395 e. The Kier molecular flexibility index (Phi) is 6.20. The third-order valence-electron chi connectivity index (χ3n) is 4.35. The lowest BCUT2D eigenvalue weighted by atomic mass is 9.76. The number of carbonyl (C=O) groups excluding carboxylic acids is 1. The van der Waals surface area contributed by atoms with Gasteiger partial charge in [-0.15, -0.1) is 11.8 Å². The van der Waals surface area contributed by atoms with Gasteiger partial charge < -0.3 is 15.5 Å². The van der Waals surface area contributed by atoms with E-state index in [1.54, 1.807) is 12.3 Å². The molecule has 2 heterocycles. The molecule has 1 aromatic heterocycles. The number of aliphatic hydroxyl groups excluding tert-OH is 2. The summed E-state index contributed by atoms with van der Waals surface area (Å²) >= 11 is 1.35. The SMILES string of the molecule is CC(C)(C)CC(C)(C)C(=O)Nc1ccn([C@H]2CC(O)[C@@H](CO)S2)c(=O)n1. The molecule has 0 radical (unpaired) electrons. The van der Waals surface area contributed by atoms with Crippen LogP contribution in [0.25, 0.3) is 0 Å². The third kappa shape index (κ3) is 5.08. The van der Waals surface area contributed by atoms with Gasteiger partial charge in [0, 0.05) is 18.0 Å². The molecule has 3 N–H and O–H groups in total. The number of carbonyl (C=O) groups is 1. The Morgan fingerprint density at radius 1 is 1.38 bits per heavy atom. The van der Waals surface area contributed by atoms with Crippen LogP contribution < -0.4 is 11.0 Å². The van der Waals surface area contributed by atoms with E-state index >= 15 is 0 Å². The van der Waals surface area contributed by atoms with Gasteiger partial charge in [-0.25, -0.2) is 4.79 Å². The number of hydrogen-bond acceptors (Lipinski definition) is 6. The van der Waals surface area contributed by atoms with Crippen LogP contribution in [0.15, 0.2) is 17.1 Å². The summed E-state index contributed by atoms with van der Waals surface area (Å²) < 4.78 is 1.43. The molecule has 1 aliphatic heterocycles. The average molecular weight is 384 g/mol. The minimum atomic E-state index is -0.653. The molecule has 0 saturated carbocycles. The van der Waals surface area contributed by atoms with Crippen molar-refractivity contribution in [3.63, 3.8) is 0 Å². The third-order valence-corrected chi connectivity index (χ3v) is 5.90. The fourth-order valence-corrected chi connectivity index (χ4v) is 4.83. The lowest BCUT2D eigenvalue weighted by Crippen LogP contribution is -2.35. The van der Waals surface area contributed by atoms with Crippen molar-refractivity contribution in [3.8, 4) is 0 Å². The summed E-state index contributed by atoms with van der Waals surface area (Å²) in [6, 6.07) is 1.59. The molecule has 8 heteroatoms.